The molecule has 0 spiro atoms. The summed E-state index contributed by atoms with van der Waals surface area (Å²) in [6.45, 7) is 3.84. The fraction of sp³-hybridized carbons (Fsp3) is 0.625. The number of morpholine rings is 1. The van der Waals surface area contributed by atoms with E-state index in [9.17, 15) is 0 Å². The number of nitrogens with one attached hydrogen (secondary N) is 2. The Morgan fingerprint density at radius 2 is 2.58 bits per heavy atom. The summed E-state index contributed by atoms with van der Waals surface area (Å²) in [6.07, 6.45) is 3.85. The lowest BCUT2D eigenvalue weighted by atomic mass is 10.1. The largest absolute Gasteiger partial charge is 0.370 e. The molecule has 0 radical (unpaired) electrons. The van der Waals surface area contributed by atoms with Gasteiger partial charge in [-0.1, -0.05) is 0 Å². The molecule has 1 aliphatic rings. The minimum Gasteiger partial charge on any atom is -0.370 e. The fourth-order valence-corrected chi connectivity index (χ4v) is 1.53. The zero-order chi connectivity index (χ0) is 8.39. The zero-order valence-electron chi connectivity index (χ0n) is 7.08. The van der Waals surface area contributed by atoms with Gasteiger partial charge in [-0.2, -0.15) is 5.10 Å². The number of hydrogen-bond donors (Lipinski definition) is 2. The number of rotatable bonds is 1. The van der Waals surface area contributed by atoms with Gasteiger partial charge in [-0.15, -0.1) is 0 Å². The van der Waals surface area contributed by atoms with Crippen LogP contribution in [0.1, 0.15) is 18.6 Å². The molecule has 1 aliphatic heterocycles. The average molecular weight is 167 g/mol. The third kappa shape index (κ3) is 1.35. The highest BCUT2D eigenvalue weighted by molar-refractivity contribution is 5.10. The Morgan fingerprint density at radius 1 is 1.67 bits per heavy atom. The van der Waals surface area contributed by atoms with Crippen molar-refractivity contribution >= 4 is 0 Å². The molecule has 1 aromatic heterocycles. The van der Waals surface area contributed by atoms with Crippen LogP contribution in [0.2, 0.25) is 0 Å². The van der Waals surface area contributed by atoms with E-state index in [1.165, 1.54) is 0 Å². The van der Waals surface area contributed by atoms with Gasteiger partial charge in [0.1, 0.15) is 6.10 Å². The molecule has 0 aliphatic carbocycles. The lowest BCUT2D eigenvalue weighted by Crippen LogP contribution is -2.41. The van der Waals surface area contributed by atoms with E-state index in [1.807, 2.05) is 12.4 Å². The summed E-state index contributed by atoms with van der Waals surface area (Å²) in [6, 6.07) is 0.372. The maximum atomic E-state index is 5.61. The van der Waals surface area contributed by atoms with Crippen LogP contribution in [0.3, 0.4) is 0 Å². The normalized spacial score (nSPS) is 30.4. The van der Waals surface area contributed by atoms with E-state index in [1.54, 1.807) is 0 Å². The van der Waals surface area contributed by atoms with Crippen molar-refractivity contribution in [2.45, 2.75) is 19.1 Å². The molecule has 4 nitrogen and oxygen atoms in total. The van der Waals surface area contributed by atoms with Gasteiger partial charge in [0.05, 0.1) is 12.8 Å². The molecule has 1 saturated heterocycles. The van der Waals surface area contributed by atoms with Crippen LogP contribution in [0.4, 0.5) is 0 Å². The molecule has 66 valence electrons. The first-order chi connectivity index (χ1) is 5.88. The van der Waals surface area contributed by atoms with Crippen molar-refractivity contribution in [2.75, 3.05) is 13.2 Å². The molecule has 1 fully saturated rings. The molecule has 2 heterocycles. The Bertz CT molecular complexity index is 234. The second-order valence-electron chi connectivity index (χ2n) is 3.07. The van der Waals surface area contributed by atoms with Crippen LogP contribution in [0.5, 0.6) is 0 Å². The van der Waals surface area contributed by atoms with Gasteiger partial charge in [0.2, 0.25) is 0 Å². The summed E-state index contributed by atoms with van der Waals surface area (Å²) in [5.74, 6) is 0. The summed E-state index contributed by atoms with van der Waals surface area (Å²) in [5.41, 5.74) is 1.12. The Hall–Kier alpha value is -0.870. The van der Waals surface area contributed by atoms with Crippen LogP contribution in [-0.4, -0.2) is 29.4 Å². The summed E-state index contributed by atoms with van der Waals surface area (Å²) < 4.78 is 5.61. The van der Waals surface area contributed by atoms with Crippen LogP contribution in [0, 0.1) is 0 Å². The van der Waals surface area contributed by atoms with E-state index < -0.39 is 0 Å². The summed E-state index contributed by atoms with van der Waals surface area (Å²) in [7, 11) is 0. The maximum Gasteiger partial charge on any atom is 0.101 e. The van der Waals surface area contributed by atoms with Gasteiger partial charge in [0, 0.05) is 24.3 Å². The molecular formula is C8H13N3O. The lowest BCUT2D eigenvalue weighted by molar-refractivity contribution is -0.000206. The summed E-state index contributed by atoms with van der Waals surface area (Å²) in [4.78, 5) is 0. The highest BCUT2D eigenvalue weighted by atomic mass is 16.5. The first kappa shape index (κ1) is 7.76. The second kappa shape index (κ2) is 3.25. The van der Waals surface area contributed by atoms with E-state index in [2.05, 4.69) is 22.4 Å². The molecule has 0 aromatic carbocycles. The second-order valence-corrected chi connectivity index (χ2v) is 3.07. The maximum absolute atomic E-state index is 5.61. The Morgan fingerprint density at radius 3 is 3.25 bits per heavy atom. The number of aromatic nitrogens is 2. The quantitative estimate of drug-likeness (QED) is 0.638. The molecule has 4 heteroatoms. The van der Waals surface area contributed by atoms with Crippen molar-refractivity contribution in [1.82, 2.24) is 15.5 Å². The minimum atomic E-state index is 0.150. The van der Waals surface area contributed by atoms with E-state index >= 15 is 0 Å². The Balaban J connectivity index is 2.11. The van der Waals surface area contributed by atoms with Crippen molar-refractivity contribution < 1.29 is 4.74 Å². The fourth-order valence-electron chi connectivity index (χ4n) is 1.53. The van der Waals surface area contributed by atoms with Gasteiger partial charge < -0.3 is 10.1 Å². The topological polar surface area (TPSA) is 49.9 Å². The van der Waals surface area contributed by atoms with E-state index in [4.69, 9.17) is 4.74 Å². The predicted molar refractivity (Wildman–Crippen MR) is 44.7 cm³/mol. The summed E-state index contributed by atoms with van der Waals surface area (Å²) >= 11 is 0. The molecule has 2 rings (SSSR count). The smallest absolute Gasteiger partial charge is 0.101 e. The van der Waals surface area contributed by atoms with E-state index in [0.717, 1.165) is 18.7 Å². The number of aromatic amines is 1. The molecule has 0 saturated carbocycles. The molecule has 0 amide bonds. The standard InChI is InChI=1S/C8H13N3O/c1-6-8(12-3-2-9-6)7-4-10-11-5-7/h4-6,8-9H,2-3H2,1H3,(H,10,11). The SMILES string of the molecule is CC1NCCOC1c1cn[nH]c1. The van der Waals surface area contributed by atoms with Crippen molar-refractivity contribution in [3.8, 4) is 0 Å². The Labute approximate surface area is 71.3 Å². The lowest BCUT2D eigenvalue weighted by Gasteiger charge is -2.29. The predicted octanol–water partition coefficient (Wildman–Crippen LogP) is 0.459. The third-order valence-electron chi connectivity index (χ3n) is 2.17. The molecule has 1 aromatic rings. The third-order valence-corrected chi connectivity index (χ3v) is 2.17. The van der Waals surface area contributed by atoms with E-state index in [-0.39, 0.29) is 6.10 Å². The first-order valence-corrected chi connectivity index (χ1v) is 4.21. The number of ether oxygens (including phenoxy) is 1. The minimum absolute atomic E-state index is 0.150. The number of H-pyrrole nitrogens is 1. The molecule has 2 unspecified atom stereocenters. The van der Waals surface area contributed by atoms with Crippen LogP contribution < -0.4 is 5.32 Å². The van der Waals surface area contributed by atoms with Gasteiger partial charge in [-0.05, 0) is 6.92 Å². The van der Waals surface area contributed by atoms with Crippen molar-refractivity contribution in [2.24, 2.45) is 0 Å². The van der Waals surface area contributed by atoms with Gasteiger partial charge in [0.25, 0.3) is 0 Å². The van der Waals surface area contributed by atoms with Crippen molar-refractivity contribution in [1.29, 1.82) is 0 Å². The van der Waals surface area contributed by atoms with Gasteiger partial charge in [-0.25, -0.2) is 0 Å². The number of hydrogen-bond acceptors (Lipinski definition) is 3. The molecule has 2 N–H and O–H groups in total. The highest BCUT2D eigenvalue weighted by Gasteiger charge is 2.23. The van der Waals surface area contributed by atoms with Gasteiger partial charge in [0.15, 0.2) is 0 Å². The average Bonchev–Trinajstić information content (AvgIpc) is 2.57. The van der Waals surface area contributed by atoms with Crippen LogP contribution in [0.15, 0.2) is 12.4 Å². The molecule has 0 bridgehead atoms. The van der Waals surface area contributed by atoms with Gasteiger partial charge >= 0.3 is 0 Å². The first-order valence-electron chi connectivity index (χ1n) is 4.21. The number of nitrogens with zero attached hydrogens (tertiary/aromatic N) is 1. The Kier molecular flexibility index (Phi) is 2.10. The van der Waals surface area contributed by atoms with Crippen molar-refractivity contribution in [3.05, 3.63) is 18.0 Å². The molecule has 2 atom stereocenters. The summed E-state index contributed by atoms with van der Waals surface area (Å²) in [5, 5.41) is 10.0. The van der Waals surface area contributed by atoms with Gasteiger partial charge in [-0.3, -0.25) is 5.10 Å². The van der Waals surface area contributed by atoms with Crippen LogP contribution >= 0.6 is 0 Å². The van der Waals surface area contributed by atoms with E-state index in [0.29, 0.717) is 6.04 Å². The van der Waals surface area contributed by atoms with Crippen molar-refractivity contribution in [3.63, 3.8) is 0 Å². The van der Waals surface area contributed by atoms with Crippen LogP contribution in [-0.2, 0) is 4.74 Å². The molecule has 12 heavy (non-hydrogen) atoms. The molecular weight excluding hydrogens is 154 g/mol. The zero-order valence-corrected chi connectivity index (χ0v) is 7.08. The monoisotopic (exact) mass is 167 g/mol. The highest BCUT2D eigenvalue weighted by Crippen LogP contribution is 2.21. The van der Waals surface area contributed by atoms with Crippen LogP contribution in [0.25, 0.3) is 0 Å².